The molecule has 0 bridgehead atoms. The minimum Gasteiger partial charge on any atom is -0.394 e. The molecule has 5 atom stereocenters. The Morgan fingerprint density at radius 1 is 0.816 bits per heavy atom. The molecule has 1 unspecified atom stereocenters. The van der Waals surface area contributed by atoms with Crippen molar-refractivity contribution < 1.29 is 39.4 Å². The lowest BCUT2D eigenvalue weighted by Gasteiger charge is -2.46. The fourth-order valence-corrected chi connectivity index (χ4v) is 4.84. The van der Waals surface area contributed by atoms with Crippen molar-refractivity contribution >= 4 is 0 Å². The summed E-state index contributed by atoms with van der Waals surface area (Å²) in [6.45, 7) is 8.07. The van der Waals surface area contributed by atoms with Gasteiger partial charge >= 0.3 is 0 Å². The van der Waals surface area contributed by atoms with Gasteiger partial charge in [0.25, 0.3) is 0 Å². The van der Waals surface area contributed by atoms with Crippen LogP contribution in [-0.4, -0.2) is 66.8 Å². The van der Waals surface area contributed by atoms with Crippen LogP contribution in [0.2, 0.25) is 0 Å². The van der Waals surface area contributed by atoms with Crippen molar-refractivity contribution in [3.05, 3.63) is 82.4 Å². The van der Waals surface area contributed by atoms with Crippen LogP contribution in [0.15, 0.2) is 48.6 Å². The molecule has 0 saturated carbocycles. The van der Waals surface area contributed by atoms with Crippen LogP contribution in [-0.2, 0) is 12.8 Å². The third-order valence-corrected chi connectivity index (χ3v) is 7.12. The Bertz CT molecular complexity index is 1090. The van der Waals surface area contributed by atoms with Gasteiger partial charge in [0.05, 0.1) is 6.61 Å². The van der Waals surface area contributed by atoms with Crippen LogP contribution in [0.5, 0.6) is 0 Å². The van der Waals surface area contributed by atoms with Crippen LogP contribution < -0.4 is 0 Å². The van der Waals surface area contributed by atoms with E-state index < -0.39 is 54.2 Å². The maximum absolute atomic E-state index is 14.7. The molecule has 38 heavy (non-hydrogen) atoms. The van der Waals surface area contributed by atoms with Crippen LogP contribution in [0.25, 0.3) is 0 Å². The van der Waals surface area contributed by atoms with Gasteiger partial charge in [-0.25, -0.2) is 8.78 Å². The monoisotopic (exact) mass is 536 g/mol. The zero-order chi connectivity index (χ0) is 28.8. The number of aliphatic hydroxyl groups is 6. The third-order valence-electron chi connectivity index (χ3n) is 7.12. The maximum Gasteiger partial charge on any atom is 0.126 e. The molecule has 0 radical (unpaired) electrons. The van der Waals surface area contributed by atoms with E-state index in [4.69, 9.17) is 0 Å². The summed E-state index contributed by atoms with van der Waals surface area (Å²) in [6, 6.07) is 8.68. The van der Waals surface area contributed by atoms with E-state index in [2.05, 4.69) is 0 Å². The Morgan fingerprint density at radius 3 is 1.68 bits per heavy atom. The van der Waals surface area contributed by atoms with Gasteiger partial charge in [0, 0.05) is 12.8 Å². The summed E-state index contributed by atoms with van der Waals surface area (Å²) in [4.78, 5) is 0. The van der Waals surface area contributed by atoms with E-state index in [-0.39, 0.29) is 30.2 Å². The quantitative estimate of drug-likeness (QED) is 0.218. The first kappa shape index (κ1) is 32.0. The molecule has 0 spiro atoms. The molecule has 2 aromatic carbocycles. The smallest absolute Gasteiger partial charge is 0.126 e. The van der Waals surface area contributed by atoms with Gasteiger partial charge in [0.15, 0.2) is 0 Å². The summed E-state index contributed by atoms with van der Waals surface area (Å²) in [5.41, 5.74) is -3.31. The topological polar surface area (TPSA) is 121 Å². The van der Waals surface area contributed by atoms with Gasteiger partial charge in [-0.3, -0.25) is 0 Å². The second-order valence-electron chi connectivity index (χ2n) is 10.8. The lowest BCUT2D eigenvalue weighted by Crippen LogP contribution is -2.66. The van der Waals surface area contributed by atoms with Crippen molar-refractivity contribution in [3.63, 3.8) is 0 Å². The van der Waals surface area contributed by atoms with Gasteiger partial charge in [0.1, 0.15) is 41.1 Å². The zero-order valence-electron chi connectivity index (χ0n) is 22.8. The highest BCUT2D eigenvalue weighted by atomic mass is 19.1. The predicted octanol–water partition coefficient (Wildman–Crippen LogP) is 3.50. The van der Waals surface area contributed by atoms with Crippen LogP contribution in [0.1, 0.15) is 75.1 Å². The van der Waals surface area contributed by atoms with E-state index in [0.29, 0.717) is 16.7 Å². The predicted molar refractivity (Wildman–Crippen MR) is 143 cm³/mol. The summed E-state index contributed by atoms with van der Waals surface area (Å²) in [6.07, 6.45) is -3.98. The van der Waals surface area contributed by atoms with Crippen LogP contribution in [0.3, 0.4) is 0 Å². The minimum absolute atomic E-state index is 0.0702. The van der Waals surface area contributed by atoms with Crippen LogP contribution >= 0.6 is 0 Å². The number of hydrogen-bond donors (Lipinski definition) is 6. The average Bonchev–Trinajstić information content (AvgIpc) is 2.85. The zero-order valence-corrected chi connectivity index (χ0v) is 22.8. The number of hydrogen-bond acceptors (Lipinski definition) is 6. The lowest BCUT2D eigenvalue weighted by molar-refractivity contribution is -0.228. The highest BCUT2D eigenvalue weighted by molar-refractivity contribution is 5.31. The average molecular weight is 537 g/mol. The molecule has 6 nitrogen and oxygen atoms in total. The van der Waals surface area contributed by atoms with E-state index in [1.54, 1.807) is 31.2 Å². The number of rotatable bonds is 13. The summed E-state index contributed by atoms with van der Waals surface area (Å²) in [5.74, 6) is -1.20. The van der Waals surface area contributed by atoms with E-state index in [1.807, 2.05) is 27.7 Å². The van der Waals surface area contributed by atoms with Gasteiger partial charge in [-0.05, 0) is 59.6 Å². The van der Waals surface area contributed by atoms with Crippen molar-refractivity contribution in [2.24, 2.45) is 0 Å². The molecule has 2 rings (SSSR count). The van der Waals surface area contributed by atoms with E-state index in [9.17, 15) is 39.4 Å². The Balaban J connectivity index is 2.57. The molecule has 6 N–H and O–H groups in total. The molecule has 2 aromatic rings. The van der Waals surface area contributed by atoms with Crippen molar-refractivity contribution in [2.75, 3.05) is 6.61 Å². The highest BCUT2D eigenvalue weighted by Gasteiger charge is 2.54. The number of halogens is 2. The standard InChI is InChI=1S/C30H42F2O6/c1-6-7-12-29(37,15-20-8-10-22(18(2)3)24(31)13-20)28(36)30(38,27(35)26(34)17-33)16-21-9-11-23(19(4)5)25(32)14-21/h6-11,13-14,18-19,26-28,33-38H,12,15-17H2,1-5H3/b7-6+/t26-,27+,28+,29?,30+/m0/s1. The second-order valence-corrected chi connectivity index (χ2v) is 10.8. The molecule has 0 saturated heterocycles. The number of allylic oxidation sites excluding steroid dienone is 1. The molecule has 0 heterocycles. The first-order valence-corrected chi connectivity index (χ1v) is 13.0. The minimum atomic E-state index is -2.62. The molecule has 0 amide bonds. The Labute approximate surface area is 223 Å². The largest absolute Gasteiger partial charge is 0.394 e. The number of aliphatic hydroxyl groups excluding tert-OH is 4. The van der Waals surface area contributed by atoms with E-state index in [1.165, 1.54) is 18.2 Å². The first-order valence-electron chi connectivity index (χ1n) is 13.0. The molecular weight excluding hydrogens is 494 g/mol. The molecule has 0 aromatic heterocycles. The molecule has 0 fully saturated rings. The lowest BCUT2D eigenvalue weighted by atomic mass is 9.71. The van der Waals surface area contributed by atoms with Gasteiger partial charge in [-0.2, -0.15) is 0 Å². The Kier molecular flexibility index (Phi) is 11.2. The van der Waals surface area contributed by atoms with Gasteiger partial charge < -0.3 is 30.6 Å². The third kappa shape index (κ3) is 7.25. The highest BCUT2D eigenvalue weighted by Crippen LogP contribution is 2.36. The maximum atomic E-state index is 14.7. The number of benzene rings is 2. The fraction of sp³-hybridized carbons (Fsp3) is 0.533. The first-order chi connectivity index (χ1) is 17.7. The molecular formula is C30H42F2O6. The molecule has 0 aliphatic carbocycles. The van der Waals surface area contributed by atoms with Gasteiger partial charge in [-0.15, -0.1) is 0 Å². The van der Waals surface area contributed by atoms with Crippen molar-refractivity contribution in [3.8, 4) is 0 Å². The van der Waals surface area contributed by atoms with Crippen LogP contribution in [0, 0.1) is 11.6 Å². The van der Waals surface area contributed by atoms with E-state index in [0.717, 1.165) is 6.07 Å². The van der Waals surface area contributed by atoms with Crippen LogP contribution in [0.4, 0.5) is 8.78 Å². The molecule has 212 valence electrons. The SMILES string of the molecule is C/C=C/CC(O)(Cc1ccc(C(C)C)c(F)c1)[C@@H](O)[C@@](O)(Cc1ccc(C(C)C)c(F)c1)[C@H](O)[C@@H](O)CO. The van der Waals surface area contributed by atoms with Crippen molar-refractivity contribution in [1.29, 1.82) is 0 Å². The fourth-order valence-electron chi connectivity index (χ4n) is 4.84. The molecule has 8 heteroatoms. The summed E-state index contributed by atoms with van der Waals surface area (Å²) in [5, 5.41) is 65.5. The summed E-state index contributed by atoms with van der Waals surface area (Å²) in [7, 11) is 0. The van der Waals surface area contributed by atoms with Crippen molar-refractivity contribution in [2.45, 2.75) is 95.2 Å². The van der Waals surface area contributed by atoms with Crippen molar-refractivity contribution in [1.82, 2.24) is 0 Å². The Hall–Kier alpha value is -2.20. The summed E-state index contributed by atoms with van der Waals surface area (Å²) >= 11 is 0. The molecule has 0 aliphatic rings. The van der Waals surface area contributed by atoms with E-state index >= 15 is 0 Å². The second kappa shape index (κ2) is 13.2. The summed E-state index contributed by atoms with van der Waals surface area (Å²) < 4.78 is 29.4. The van der Waals surface area contributed by atoms with Gasteiger partial charge in [-0.1, -0.05) is 64.1 Å². The normalized spacial score (nSPS) is 18.0. The molecule has 0 aliphatic heterocycles. The van der Waals surface area contributed by atoms with Gasteiger partial charge in [0.2, 0.25) is 0 Å². The Morgan fingerprint density at radius 2 is 1.29 bits per heavy atom.